The Balaban J connectivity index is 1.71. The first-order valence-electron chi connectivity index (χ1n) is 7.15. The molecule has 8 heteroatoms. The van der Waals surface area contributed by atoms with Gasteiger partial charge in [-0.2, -0.15) is 0 Å². The van der Waals surface area contributed by atoms with Gasteiger partial charge in [0.25, 0.3) is 5.69 Å². The molecule has 0 spiro atoms. The van der Waals surface area contributed by atoms with Crippen molar-refractivity contribution in [3.8, 4) is 11.5 Å². The number of aromatic nitrogens is 1. The Morgan fingerprint density at radius 1 is 1.24 bits per heavy atom. The fourth-order valence-electron chi connectivity index (χ4n) is 2.13. The van der Waals surface area contributed by atoms with E-state index in [1.165, 1.54) is 18.4 Å². The van der Waals surface area contributed by atoms with Gasteiger partial charge in [0.2, 0.25) is 5.89 Å². The van der Waals surface area contributed by atoms with Gasteiger partial charge < -0.3 is 9.15 Å². The van der Waals surface area contributed by atoms with Crippen molar-refractivity contribution < 1.29 is 18.9 Å². The van der Waals surface area contributed by atoms with Crippen molar-refractivity contribution in [2.24, 2.45) is 0 Å². The summed E-state index contributed by atoms with van der Waals surface area (Å²) in [5.74, 6) is -0.447. The molecule has 0 aliphatic carbocycles. The lowest BCUT2D eigenvalue weighted by Crippen LogP contribution is -2.08. The third kappa shape index (κ3) is 3.84. The van der Waals surface area contributed by atoms with E-state index in [1.807, 2.05) is 30.3 Å². The maximum Gasteiger partial charge on any atom is 0.345 e. The van der Waals surface area contributed by atoms with Crippen LogP contribution in [0.5, 0.6) is 0 Å². The second-order valence-corrected chi connectivity index (χ2v) is 5.44. The Hall–Kier alpha value is -3.19. The molecule has 3 aromatic rings. The van der Waals surface area contributed by atoms with Crippen LogP contribution in [0.25, 0.3) is 11.5 Å². The van der Waals surface area contributed by atoms with Crippen molar-refractivity contribution in [3.05, 3.63) is 81.2 Å². The fraction of sp³-hybridized carbons (Fsp3) is 0.0588. The van der Waals surface area contributed by atoms with Crippen LogP contribution in [0.1, 0.15) is 16.1 Å². The van der Waals surface area contributed by atoms with Crippen LogP contribution >= 0.6 is 11.6 Å². The summed E-state index contributed by atoms with van der Waals surface area (Å²) in [6.45, 7) is -0.172. The molecule has 0 unspecified atom stereocenters. The average Bonchev–Trinajstić information content (AvgIpc) is 3.09. The number of carbonyl (C=O) groups is 1. The van der Waals surface area contributed by atoms with E-state index in [0.29, 0.717) is 11.6 Å². The van der Waals surface area contributed by atoms with E-state index < -0.39 is 16.6 Å². The number of nitro benzene ring substituents is 1. The summed E-state index contributed by atoms with van der Waals surface area (Å²) in [5.41, 5.74) is 0.584. The molecule has 0 bridgehead atoms. The van der Waals surface area contributed by atoms with Gasteiger partial charge in [-0.3, -0.25) is 10.1 Å². The predicted octanol–water partition coefficient (Wildman–Crippen LogP) is 4.26. The van der Waals surface area contributed by atoms with Crippen molar-refractivity contribution in [2.75, 3.05) is 0 Å². The van der Waals surface area contributed by atoms with E-state index in [2.05, 4.69) is 4.98 Å². The summed E-state index contributed by atoms with van der Waals surface area (Å²) >= 11 is 5.72. The van der Waals surface area contributed by atoms with E-state index in [-0.39, 0.29) is 17.2 Å². The molecule has 2 aromatic carbocycles. The summed E-state index contributed by atoms with van der Waals surface area (Å²) in [5, 5.41) is 11.2. The van der Waals surface area contributed by atoms with Gasteiger partial charge in [0.1, 0.15) is 24.1 Å². The molecule has 0 radical (unpaired) electrons. The van der Waals surface area contributed by atoms with Gasteiger partial charge >= 0.3 is 5.97 Å². The maximum absolute atomic E-state index is 12.1. The molecule has 0 N–H and O–H groups in total. The number of nitro groups is 1. The van der Waals surface area contributed by atoms with E-state index in [1.54, 1.807) is 0 Å². The van der Waals surface area contributed by atoms with Gasteiger partial charge in [-0.15, -0.1) is 0 Å². The van der Waals surface area contributed by atoms with Crippen LogP contribution in [0, 0.1) is 10.1 Å². The Labute approximate surface area is 147 Å². The smallest absolute Gasteiger partial charge is 0.345 e. The number of nitrogens with zero attached hydrogens (tertiary/aromatic N) is 2. The number of hydrogen-bond acceptors (Lipinski definition) is 6. The van der Waals surface area contributed by atoms with E-state index >= 15 is 0 Å². The number of rotatable bonds is 5. The quantitative estimate of drug-likeness (QED) is 0.384. The summed E-state index contributed by atoms with van der Waals surface area (Å²) in [6.07, 6.45) is 1.37. The van der Waals surface area contributed by atoms with Crippen molar-refractivity contribution >= 4 is 23.3 Å². The fourth-order valence-corrected chi connectivity index (χ4v) is 2.30. The monoisotopic (exact) mass is 358 g/mol. The predicted molar refractivity (Wildman–Crippen MR) is 89.2 cm³/mol. The molecular formula is C17H11ClN2O5. The molecule has 0 saturated carbocycles. The number of carbonyl (C=O) groups excluding carboxylic acids is 1. The Kier molecular flexibility index (Phi) is 4.76. The Bertz CT molecular complexity index is 924. The number of halogens is 1. The second kappa shape index (κ2) is 7.14. The lowest BCUT2D eigenvalue weighted by molar-refractivity contribution is -0.385. The summed E-state index contributed by atoms with van der Waals surface area (Å²) in [7, 11) is 0. The molecule has 0 aliphatic rings. The van der Waals surface area contributed by atoms with Gasteiger partial charge in [0.05, 0.1) is 4.92 Å². The van der Waals surface area contributed by atoms with Crippen LogP contribution in [-0.4, -0.2) is 15.9 Å². The van der Waals surface area contributed by atoms with Crippen LogP contribution in [-0.2, 0) is 11.3 Å². The molecule has 1 aromatic heterocycles. The standard InChI is InChI=1S/C17H11ClN2O5/c18-12-6-7-14(15(8-12)20(22)23)17(21)25-10-13-9-24-16(19-13)11-4-2-1-3-5-11/h1-9H,10H2. The van der Waals surface area contributed by atoms with Crippen molar-refractivity contribution in [2.45, 2.75) is 6.61 Å². The topological polar surface area (TPSA) is 95.5 Å². The zero-order chi connectivity index (χ0) is 17.8. The summed E-state index contributed by atoms with van der Waals surface area (Å²) in [4.78, 5) is 26.7. The highest BCUT2D eigenvalue weighted by Crippen LogP contribution is 2.24. The van der Waals surface area contributed by atoms with Gasteiger partial charge in [-0.05, 0) is 24.3 Å². The molecular weight excluding hydrogens is 348 g/mol. The lowest BCUT2D eigenvalue weighted by atomic mass is 10.2. The molecule has 0 aliphatic heterocycles. The molecule has 1 heterocycles. The minimum Gasteiger partial charge on any atom is -0.455 e. The van der Waals surface area contributed by atoms with E-state index in [4.69, 9.17) is 20.8 Å². The minimum absolute atomic E-state index is 0.159. The van der Waals surface area contributed by atoms with Crippen LogP contribution in [0.3, 0.4) is 0 Å². The number of benzene rings is 2. The zero-order valence-electron chi connectivity index (χ0n) is 12.7. The first-order chi connectivity index (χ1) is 12.0. The van der Waals surface area contributed by atoms with E-state index in [9.17, 15) is 14.9 Å². The van der Waals surface area contributed by atoms with Crippen LogP contribution < -0.4 is 0 Å². The van der Waals surface area contributed by atoms with Gasteiger partial charge in [-0.1, -0.05) is 29.8 Å². The Morgan fingerprint density at radius 3 is 2.72 bits per heavy atom. The molecule has 25 heavy (non-hydrogen) atoms. The highest BCUT2D eigenvalue weighted by Gasteiger charge is 2.22. The summed E-state index contributed by atoms with van der Waals surface area (Å²) in [6, 6.07) is 13.0. The van der Waals surface area contributed by atoms with Crippen molar-refractivity contribution in [3.63, 3.8) is 0 Å². The second-order valence-electron chi connectivity index (χ2n) is 5.00. The number of hydrogen-bond donors (Lipinski definition) is 0. The lowest BCUT2D eigenvalue weighted by Gasteiger charge is -2.04. The van der Waals surface area contributed by atoms with Crippen molar-refractivity contribution in [1.29, 1.82) is 0 Å². The summed E-state index contributed by atoms with van der Waals surface area (Å²) < 4.78 is 10.4. The largest absolute Gasteiger partial charge is 0.455 e. The molecule has 0 fully saturated rings. The van der Waals surface area contributed by atoms with Gasteiger partial charge in [-0.25, -0.2) is 9.78 Å². The average molecular weight is 359 g/mol. The van der Waals surface area contributed by atoms with Crippen LogP contribution in [0.4, 0.5) is 5.69 Å². The highest BCUT2D eigenvalue weighted by atomic mass is 35.5. The number of esters is 1. The van der Waals surface area contributed by atoms with Crippen LogP contribution in [0.15, 0.2) is 59.2 Å². The molecule has 0 saturated heterocycles. The number of oxazole rings is 1. The van der Waals surface area contributed by atoms with Gasteiger partial charge in [0, 0.05) is 16.7 Å². The molecule has 0 amide bonds. The third-order valence-electron chi connectivity index (χ3n) is 3.30. The Morgan fingerprint density at radius 2 is 2.00 bits per heavy atom. The molecule has 3 rings (SSSR count). The molecule has 0 atom stereocenters. The first-order valence-corrected chi connectivity index (χ1v) is 7.53. The number of ether oxygens (including phenoxy) is 1. The SMILES string of the molecule is O=C(OCc1coc(-c2ccccc2)n1)c1ccc(Cl)cc1[N+](=O)[O-]. The first kappa shape index (κ1) is 16.7. The van der Waals surface area contributed by atoms with Crippen molar-refractivity contribution in [1.82, 2.24) is 4.98 Å². The highest BCUT2D eigenvalue weighted by molar-refractivity contribution is 6.31. The maximum atomic E-state index is 12.1. The molecule has 7 nitrogen and oxygen atoms in total. The molecule has 126 valence electrons. The van der Waals surface area contributed by atoms with Crippen LogP contribution in [0.2, 0.25) is 5.02 Å². The minimum atomic E-state index is -0.840. The normalized spacial score (nSPS) is 10.4. The third-order valence-corrected chi connectivity index (χ3v) is 3.54. The zero-order valence-corrected chi connectivity index (χ0v) is 13.5. The van der Waals surface area contributed by atoms with Gasteiger partial charge in [0.15, 0.2) is 0 Å². The van der Waals surface area contributed by atoms with E-state index in [0.717, 1.165) is 11.6 Å².